The van der Waals surface area contributed by atoms with E-state index in [4.69, 9.17) is 41.3 Å². The summed E-state index contributed by atoms with van der Waals surface area (Å²) < 4.78 is 21.9. The molecule has 230 valence electrons. The van der Waals surface area contributed by atoms with Crippen molar-refractivity contribution in [3.63, 3.8) is 0 Å². The first-order valence-corrected chi connectivity index (χ1v) is 15.5. The van der Waals surface area contributed by atoms with E-state index in [0.717, 1.165) is 40.7 Å². The number of halogens is 2. The lowest BCUT2D eigenvalue weighted by atomic mass is 10.1. The average Bonchev–Trinajstić information content (AvgIpc) is 3.94. The predicted molar refractivity (Wildman–Crippen MR) is 169 cm³/mol. The number of benzene rings is 3. The highest BCUT2D eigenvalue weighted by Crippen LogP contribution is 2.30. The molecule has 3 aromatic carbocycles. The first-order valence-electron chi connectivity index (χ1n) is 14.4. The molecule has 0 radical (unpaired) electrons. The normalized spacial score (nSPS) is 11.3. The van der Waals surface area contributed by atoms with Crippen molar-refractivity contribution < 1.29 is 18.1 Å². The molecule has 7 aromatic rings. The summed E-state index contributed by atoms with van der Waals surface area (Å²) in [7, 11) is 0. The van der Waals surface area contributed by atoms with Gasteiger partial charge in [0.25, 0.3) is 11.8 Å². The molecule has 46 heavy (non-hydrogen) atoms. The molecular weight excluding hydrogens is 631 g/mol. The molecule has 0 aliphatic heterocycles. The Bertz CT molecular complexity index is 1940. The van der Waals surface area contributed by atoms with Gasteiger partial charge in [0, 0.05) is 58.0 Å². The van der Waals surface area contributed by atoms with Gasteiger partial charge in [-0.25, -0.2) is 0 Å². The quantitative estimate of drug-likeness (QED) is 0.119. The van der Waals surface area contributed by atoms with Gasteiger partial charge in [0.2, 0.25) is 35.1 Å². The van der Waals surface area contributed by atoms with Crippen LogP contribution in [0.1, 0.15) is 24.6 Å². The lowest BCUT2D eigenvalue weighted by Gasteiger charge is -1.99. The predicted octanol–water partition coefficient (Wildman–Crippen LogP) is 7.56. The zero-order valence-corrected chi connectivity index (χ0v) is 25.6. The number of alkyl halides is 2. The first kappa shape index (κ1) is 29.5. The number of rotatable bonds is 12. The number of hydrogen-bond donors (Lipinski definition) is 0. The van der Waals surface area contributed by atoms with E-state index in [0.29, 0.717) is 77.0 Å². The van der Waals surface area contributed by atoms with Gasteiger partial charge in [-0.1, -0.05) is 63.1 Å². The van der Waals surface area contributed by atoms with Gasteiger partial charge in [0.1, 0.15) is 0 Å². The van der Waals surface area contributed by atoms with E-state index in [1.54, 1.807) is 0 Å². The smallest absolute Gasteiger partial charge is 0.258 e. The molecule has 7 rings (SSSR count). The molecule has 0 unspecified atom stereocenters. The Balaban J connectivity index is 1.09. The van der Waals surface area contributed by atoms with Crippen molar-refractivity contribution in [1.29, 1.82) is 0 Å². The minimum absolute atomic E-state index is 0.340. The highest BCUT2D eigenvalue weighted by molar-refractivity contribution is 6.18. The second-order valence-electron chi connectivity index (χ2n) is 10.2. The van der Waals surface area contributed by atoms with Gasteiger partial charge in [0.15, 0.2) is 0 Å². The minimum Gasteiger partial charge on any atom is -0.339 e. The van der Waals surface area contributed by atoms with Crippen LogP contribution in [0.2, 0.25) is 0 Å². The van der Waals surface area contributed by atoms with Crippen LogP contribution in [-0.2, 0) is 12.8 Å². The average molecular weight is 656 g/mol. The molecule has 0 bridgehead atoms. The second-order valence-corrected chi connectivity index (χ2v) is 11.0. The van der Waals surface area contributed by atoms with Crippen molar-refractivity contribution in [2.75, 3.05) is 11.8 Å². The standard InChI is InChI=1S/C32H24Cl2N8O4/c33-14-4-12-25-35-27(39-43-25)19-6-1-7-20(16-19)29-37-32(45-41-29)24-11-3-9-22(18-24)30-38-31(46-42-30)23-10-2-8-21(17-23)28-36-26(44-40-28)13-5-15-34/h1-3,6-11,16-18H,4-5,12-15H2. The molecule has 0 amide bonds. The summed E-state index contributed by atoms with van der Waals surface area (Å²) in [5.74, 6) is 4.62. The maximum Gasteiger partial charge on any atom is 0.258 e. The fourth-order valence-electron chi connectivity index (χ4n) is 4.68. The fraction of sp³-hybridized carbons (Fsp3) is 0.188. The minimum atomic E-state index is 0.340. The van der Waals surface area contributed by atoms with Crippen LogP contribution in [-0.4, -0.2) is 52.3 Å². The maximum atomic E-state index is 5.78. The van der Waals surface area contributed by atoms with E-state index in [2.05, 4.69) is 40.6 Å². The van der Waals surface area contributed by atoms with Crippen LogP contribution in [0.3, 0.4) is 0 Å². The number of aryl methyl sites for hydroxylation is 2. The zero-order chi connectivity index (χ0) is 31.3. The van der Waals surface area contributed by atoms with Crippen LogP contribution >= 0.6 is 23.2 Å². The van der Waals surface area contributed by atoms with Gasteiger partial charge in [-0.05, 0) is 43.2 Å². The van der Waals surface area contributed by atoms with Crippen molar-refractivity contribution in [2.45, 2.75) is 25.7 Å². The van der Waals surface area contributed by atoms with E-state index in [-0.39, 0.29) is 0 Å². The third-order valence-corrected chi connectivity index (χ3v) is 7.49. The van der Waals surface area contributed by atoms with Gasteiger partial charge >= 0.3 is 0 Å². The summed E-state index contributed by atoms with van der Waals surface area (Å²) in [5.41, 5.74) is 4.42. The lowest BCUT2D eigenvalue weighted by Crippen LogP contribution is -1.88. The van der Waals surface area contributed by atoms with Gasteiger partial charge in [-0.15, -0.1) is 23.2 Å². The topological polar surface area (TPSA) is 156 Å². The molecule has 0 saturated carbocycles. The van der Waals surface area contributed by atoms with E-state index < -0.39 is 0 Å². The lowest BCUT2D eigenvalue weighted by molar-refractivity contribution is 0.378. The summed E-state index contributed by atoms with van der Waals surface area (Å²) >= 11 is 11.6. The van der Waals surface area contributed by atoms with E-state index in [9.17, 15) is 0 Å². The van der Waals surface area contributed by atoms with Crippen LogP contribution in [0.25, 0.3) is 68.5 Å². The maximum absolute atomic E-state index is 5.78. The summed E-state index contributed by atoms with van der Waals surface area (Å²) in [6.45, 7) is 0. The van der Waals surface area contributed by atoms with Crippen molar-refractivity contribution >= 4 is 23.2 Å². The van der Waals surface area contributed by atoms with Gasteiger partial charge < -0.3 is 18.1 Å². The molecule has 4 heterocycles. The number of nitrogens with zero attached hydrogens (tertiary/aromatic N) is 8. The molecule has 0 fully saturated rings. The van der Waals surface area contributed by atoms with Crippen molar-refractivity contribution in [3.8, 4) is 68.5 Å². The Hall–Kier alpha value is -5.20. The Morgan fingerprint density at radius 2 is 0.783 bits per heavy atom. The van der Waals surface area contributed by atoms with Crippen molar-refractivity contribution in [1.82, 2.24) is 40.6 Å². The van der Waals surface area contributed by atoms with E-state index in [1.807, 2.05) is 72.8 Å². The van der Waals surface area contributed by atoms with Crippen LogP contribution in [0, 0.1) is 0 Å². The summed E-state index contributed by atoms with van der Waals surface area (Å²) in [6.07, 6.45) is 2.77. The van der Waals surface area contributed by atoms with Crippen LogP contribution in [0.15, 0.2) is 90.9 Å². The summed E-state index contributed by atoms with van der Waals surface area (Å²) in [4.78, 5) is 18.2. The Morgan fingerprint density at radius 3 is 1.20 bits per heavy atom. The fourth-order valence-corrected chi connectivity index (χ4v) is 4.95. The highest BCUT2D eigenvalue weighted by atomic mass is 35.5. The van der Waals surface area contributed by atoms with Crippen molar-refractivity contribution in [2.24, 2.45) is 0 Å². The molecule has 12 nitrogen and oxygen atoms in total. The molecule has 0 N–H and O–H groups in total. The third-order valence-electron chi connectivity index (χ3n) is 6.95. The largest absolute Gasteiger partial charge is 0.339 e. The van der Waals surface area contributed by atoms with Gasteiger partial charge in [0.05, 0.1) is 0 Å². The molecule has 0 spiro atoms. The highest BCUT2D eigenvalue weighted by Gasteiger charge is 2.17. The summed E-state index contributed by atoms with van der Waals surface area (Å²) in [6, 6.07) is 22.5. The molecule has 0 atom stereocenters. The molecule has 4 aromatic heterocycles. The van der Waals surface area contributed by atoms with Crippen LogP contribution in [0.4, 0.5) is 0 Å². The number of hydrogen-bond acceptors (Lipinski definition) is 12. The van der Waals surface area contributed by atoms with Crippen LogP contribution < -0.4 is 0 Å². The molecular formula is C32H24Cl2N8O4. The van der Waals surface area contributed by atoms with E-state index >= 15 is 0 Å². The van der Waals surface area contributed by atoms with Gasteiger partial charge in [-0.2, -0.15) is 19.9 Å². The Morgan fingerprint density at radius 1 is 0.435 bits per heavy atom. The Kier molecular flexibility index (Phi) is 8.61. The molecule has 0 aliphatic rings. The second kappa shape index (κ2) is 13.4. The molecule has 0 aliphatic carbocycles. The van der Waals surface area contributed by atoms with E-state index in [1.165, 1.54) is 0 Å². The zero-order valence-electron chi connectivity index (χ0n) is 24.1. The van der Waals surface area contributed by atoms with Gasteiger partial charge in [-0.3, -0.25) is 0 Å². The van der Waals surface area contributed by atoms with Crippen LogP contribution in [0.5, 0.6) is 0 Å². The third kappa shape index (κ3) is 6.44. The molecule has 0 saturated heterocycles. The number of aromatic nitrogens is 8. The first-order chi connectivity index (χ1) is 22.7. The summed E-state index contributed by atoms with van der Waals surface area (Å²) in [5, 5.41) is 16.6. The molecule has 14 heteroatoms. The Labute approximate surface area is 271 Å². The van der Waals surface area contributed by atoms with Crippen molar-refractivity contribution in [3.05, 3.63) is 84.6 Å². The monoisotopic (exact) mass is 654 g/mol. The SMILES string of the molecule is ClCCCc1nc(-c2cccc(-c3noc(-c4cccc(-c5noc(-c6cccc(-c7noc(CCCCl)n7)c6)n5)c4)n3)c2)no1.